The van der Waals surface area contributed by atoms with Gasteiger partial charge in [-0.05, 0) is 5.56 Å². The smallest absolute Gasteiger partial charge is 0.124 e. The topological polar surface area (TPSA) is 64.7 Å². The van der Waals surface area contributed by atoms with Crippen LogP contribution in [0.2, 0.25) is 0 Å². The van der Waals surface area contributed by atoms with Gasteiger partial charge in [0.1, 0.15) is 5.75 Å². The molecule has 1 aromatic rings. The zero-order valence-corrected chi connectivity index (χ0v) is 8.19. The summed E-state index contributed by atoms with van der Waals surface area (Å²) in [7, 11) is 1.59. The first kappa shape index (κ1) is 11.0. The van der Waals surface area contributed by atoms with Gasteiger partial charge in [-0.3, -0.25) is 0 Å². The molecular formula is C10H15NO3. The lowest BCUT2D eigenvalue weighted by atomic mass is 10.1. The molecule has 0 aliphatic carbocycles. The van der Waals surface area contributed by atoms with Crippen LogP contribution in [0, 0.1) is 0 Å². The van der Waals surface area contributed by atoms with Crippen LogP contribution < -0.4 is 5.90 Å². The van der Waals surface area contributed by atoms with E-state index in [2.05, 4.69) is 4.84 Å². The van der Waals surface area contributed by atoms with Crippen LogP contribution in [0.4, 0.5) is 0 Å². The predicted octanol–water partition coefficient (Wildman–Crippen LogP) is 0.971. The van der Waals surface area contributed by atoms with Crippen molar-refractivity contribution in [3.63, 3.8) is 0 Å². The van der Waals surface area contributed by atoms with E-state index in [1.807, 2.05) is 18.2 Å². The van der Waals surface area contributed by atoms with E-state index in [0.717, 1.165) is 11.1 Å². The molecule has 0 fully saturated rings. The Morgan fingerprint density at radius 1 is 1.36 bits per heavy atom. The number of methoxy groups -OCH3 is 1. The van der Waals surface area contributed by atoms with Crippen molar-refractivity contribution in [2.45, 2.75) is 13.0 Å². The Balaban J connectivity index is 2.78. The number of hydrogen-bond acceptors (Lipinski definition) is 4. The quantitative estimate of drug-likeness (QED) is 0.690. The van der Waals surface area contributed by atoms with Crippen LogP contribution in [0.5, 0.6) is 5.75 Å². The van der Waals surface area contributed by atoms with Crippen LogP contribution in [0.1, 0.15) is 11.1 Å². The van der Waals surface area contributed by atoms with E-state index in [1.165, 1.54) is 0 Å². The van der Waals surface area contributed by atoms with Gasteiger partial charge in [-0.15, -0.1) is 0 Å². The Morgan fingerprint density at radius 2 is 2.07 bits per heavy atom. The molecule has 4 heteroatoms. The average molecular weight is 197 g/mol. The number of ether oxygens (including phenoxy) is 1. The van der Waals surface area contributed by atoms with Crippen molar-refractivity contribution in [2.24, 2.45) is 5.90 Å². The summed E-state index contributed by atoms with van der Waals surface area (Å²) < 4.78 is 4.95. The number of rotatable bonds is 5. The Morgan fingerprint density at radius 3 is 2.71 bits per heavy atom. The van der Waals surface area contributed by atoms with Crippen molar-refractivity contribution < 1.29 is 14.7 Å². The molecule has 14 heavy (non-hydrogen) atoms. The number of phenols is 1. The van der Waals surface area contributed by atoms with E-state index in [-0.39, 0.29) is 5.75 Å². The molecule has 0 unspecified atom stereocenters. The molecule has 0 aliphatic heterocycles. The van der Waals surface area contributed by atoms with Crippen molar-refractivity contribution >= 4 is 0 Å². The van der Waals surface area contributed by atoms with Crippen LogP contribution in [0.15, 0.2) is 18.2 Å². The van der Waals surface area contributed by atoms with Gasteiger partial charge < -0.3 is 14.7 Å². The minimum atomic E-state index is 0.270. The normalized spacial score (nSPS) is 10.4. The molecule has 0 radical (unpaired) electrons. The molecule has 0 saturated carbocycles. The third kappa shape index (κ3) is 2.70. The molecule has 0 aliphatic rings. The third-order valence-corrected chi connectivity index (χ3v) is 1.99. The van der Waals surface area contributed by atoms with Gasteiger partial charge >= 0.3 is 0 Å². The largest absolute Gasteiger partial charge is 0.507 e. The summed E-state index contributed by atoms with van der Waals surface area (Å²) in [4.78, 5) is 4.46. The summed E-state index contributed by atoms with van der Waals surface area (Å²) in [5.41, 5.74) is 1.60. The van der Waals surface area contributed by atoms with Gasteiger partial charge in [-0.25, -0.2) is 5.90 Å². The molecule has 78 valence electrons. The molecule has 0 heterocycles. The highest BCUT2D eigenvalue weighted by Gasteiger charge is 2.05. The Hall–Kier alpha value is -1.10. The lowest BCUT2D eigenvalue weighted by molar-refractivity contribution is 0.140. The third-order valence-electron chi connectivity index (χ3n) is 1.99. The summed E-state index contributed by atoms with van der Waals surface area (Å²) in [5.74, 6) is 5.19. The van der Waals surface area contributed by atoms with E-state index in [0.29, 0.717) is 19.6 Å². The summed E-state index contributed by atoms with van der Waals surface area (Å²) in [6.45, 7) is 0.799. The summed E-state index contributed by atoms with van der Waals surface area (Å²) >= 11 is 0. The molecule has 0 atom stereocenters. The highest BCUT2D eigenvalue weighted by atomic mass is 16.6. The van der Waals surface area contributed by atoms with Crippen LogP contribution in [-0.4, -0.2) is 18.8 Å². The summed E-state index contributed by atoms with van der Waals surface area (Å²) in [6, 6.07) is 5.54. The number of hydrogen-bond donors (Lipinski definition) is 2. The maximum atomic E-state index is 9.77. The first-order valence-electron chi connectivity index (χ1n) is 4.40. The molecule has 1 aromatic carbocycles. The maximum absolute atomic E-state index is 9.77. The van der Waals surface area contributed by atoms with E-state index in [9.17, 15) is 5.11 Å². The second-order valence-corrected chi connectivity index (χ2v) is 2.98. The fourth-order valence-corrected chi connectivity index (χ4v) is 1.29. The summed E-state index contributed by atoms with van der Waals surface area (Å²) in [6.07, 6.45) is 0.597. The number of benzene rings is 1. The van der Waals surface area contributed by atoms with Gasteiger partial charge in [0.2, 0.25) is 0 Å². The molecule has 0 amide bonds. The minimum Gasteiger partial charge on any atom is -0.507 e. The van der Waals surface area contributed by atoms with Gasteiger partial charge in [-0.1, -0.05) is 18.2 Å². The van der Waals surface area contributed by atoms with Crippen LogP contribution in [-0.2, 0) is 22.6 Å². The van der Waals surface area contributed by atoms with Crippen molar-refractivity contribution in [1.29, 1.82) is 0 Å². The van der Waals surface area contributed by atoms with Gasteiger partial charge in [0.25, 0.3) is 0 Å². The lowest BCUT2D eigenvalue weighted by Crippen LogP contribution is -2.04. The fourth-order valence-electron chi connectivity index (χ4n) is 1.29. The van der Waals surface area contributed by atoms with Crippen molar-refractivity contribution in [3.8, 4) is 5.75 Å². The summed E-state index contributed by atoms with van der Waals surface area (Å²) in [5, 5.41) is 9.77. The van der Waals surface area contributed by atoms with Crippen molar-refractivity contribution in [3.05, 3.63) is 29.3 Å². The lowest BCUT2D eigenvalue weighted by Gasteiger charge is -2.08. The molecule has 4 nitrogen and oxygen atoms in total. The number of phenolic OH excluding ortho intramolecular Hbond substituents is 1. The average Bonchev–Trinajstić information content (AvgIpc) is 2.20. The monoisotopic (exact) mass is 197 g/mol. The van der Waals surface area contributed by atoms with E-state index < -0.39 is 0 Å². The number of nitrogens with two attached hydrogens (primary N) is 1. The Labute approximate surface area is 83.2 Å². The SMILES string of the molecule is COCc1cccc(CCON)c1O. The molecule has 0 aromatic heterocycles. The van der Waals surface area contributed by atoms with Gasteiger partial charge in [0.05, 0.1) is 13.2 Å². The van der Waals surface area contributed by atoms with E-state index in [4.69, 9.17) is 10.6 Å². The fraction of sp³-hybridized carbons (Fsp3) is 0.400. The standard InChI is InChI=1S/C10H15NO3/c1-13-7-9-4-2-3-8(10(9)12)5-6-14-11/h2-4,12H,5-7,11H2,1H3. The molecule has 0 spiro atoms. The zero-order valence-electron chi connectivity index (χ0n) is 8.19. The Kier molecular flexibility index (Phi) is 4.39. The molecular weight excluding hydrogens is 182 g/mol. The van der Waals surface area contributed by atoms with Gasteiger partial charge in [0, 0.05) is 19.1 Å². The highest BCUT2D eigenvalue weighted by Crippen LogP contribution is 2.23. The van der Waals surface area contributed by atoms with Gasteiger partial charge in [0.15, 0.2) is 0 Å². The highest BCUT2D eigenvalue weighted by molar-refractivity contribution is 5.40. The van der Waals surface area contributed by atoms with Gasteiger partial charge in [-0.2, -0.15) is 0 Å². The predicted molar refractivity (Wildman–Crippen MR) is 52.7 cm³/mol. The molecule has 0 bridgehead atoms. The minimum absolute atomic E-state index is 0.270. The second kappa shape index (κ2) is 5.59. The molecule has 3 N–H and O–H groups in total. The van der Waals surface area contributed by atoms with Crippen molar-refractivity contribution in [1.82, 2.24) is 0 Å². The number of aromatic hydroxyl groups is 1. The van der Waals surface area contributed by atoms with Crippen LogP contribution >= 0.6 is 0 Å². The first-order chi connectivity index (χ1) is 6.79. The number of para-hydroxylation sites is 1. The second-order valence-electron chi connectivity index (χ2n) is 2.98. The van der Waals surface area contributed by atoms with E-state index in [1.54, 1.807) is 7.11 Å². The maximum Gasteiger partial charge on any atom is 0.124 e. The van der Waals surface area contributed by atoms with Crippen LogP contribution in [0.3, 0.4) is 0 Å². The molecule has 0 saturated heterocycles. The first-order valence-corrected chi connectivity index (χ1v) is 4.40. The molecule has 1 rings (SSSR count). The van der Waals surface area contributed by atoms with Crippen LogP contribution in [0.25, 0.3) is 0 Å². The zero-order chi connectivity index (χ0) is 10.4. The van der Waals surface area contributed by atoms with E-state index >= 15 is 0 Å². The Bertz CT molecular complexity index is 289. The van der Waals surface area contributed by atoms with Crippen molar-refractivity contribution in [2.75, 3.05) is 13.7 Å².